The molecule has 0 spiro atoms. The van der Waals surface area contributed by atoms with Gasteiger partial charge in [0.05, 0.1) is 0 Å². The zero-order chi connectivity index (χ0) is 10.2. The lowest BCUT2D eigenvalue weighted by Crippen LogP contribution is -1.96. The first-order valence-corrected chi connectivity index (χ1v) is 5.57. The minimum atomic E-state index is -4.10. The largest absolute Gasteiger partial charge is 0.504 e. The van der Waals surface area contributed by atoms with Crippen LogP contribution in [0.25, 0.3) is 0 Å². The Morgan fingerprint density at radius 3 is 2.38 bits per heavy atom. The fourth-order valence-electron chi connectivity index (χ4n) is 0.956. The van der Waals surface area contributed by atoms with Gasteiger partial charge in [0.1, 0.15) is 4.90 Å². The number of aryl methyl sites for hydroxylation is 1. The fraction of sp³-hybridized carbons (Fsp3) is 0.143. The van der Waals surface area contributed by atoms with Crippen LogP contribution in [0.3, 0.4) is 0 Å². The highest BCUT2D eigenvalue weighted by Gasteiger charge is 2.21. The first-order valence-electron chi connectivity index (χ1n) is 3.27. The average Bonchev–Trinajstić information content (AvgIpc) is 1.95. The number of rotatable bonds is 1. The highest BCUT2D eigenvalue weighted by atomic mass is 35.7. The standard InChI is InChI=1S/C7H6ClFO3S/c1-4-2-3-5(9)6(10)7(4)13(8,11)12/h2-3,10H,1H3. The van der Waals surface area contributed by atoms with Gasteiger partial charge in [-0.1, -0.05) is 6.07 Å². The van der Waals surface area contributed by atoms with Crippen LogP contribution in [0, 0.1) is 12.7 Å². The van der Waals surface area contributed by atoms with Crippen LogP contribution in [0.1, 0.15) is 5.56 Å². The summed E-state index contributed by atoms with van der Waals surface area (Å²) in [6, 6.07) is 2.19. The van der Waals surface area contributed by atoms with Gasteiger partial charge < -0.3 is 5.11 Å². The van der Waals surface area contributed by atoms with Crippen molar-refractivity contribution in [1.29, 1.82) is 0 Å². The molecule has 0 atom stereocenters. The Morgan fingerprint density at radius 1 is 1.46 bits per heavy atom. The Labute approximate surface area is 79.2 Å². The monoisotopic (exact) mass is 224 g/mol. The number of hydrogen-bond acceptors (Lipinski definition) is 3. The number of aromatic hydroxyl groups is 1. The Bertz CT molecular complexity index is 441. The summed E-state index contributed by atoms with van der Waals surface area (Å²) in [6.07, 6.45) is 0. The van der Waals surface area contributed by atoms with Crippen molar-refractivity contribution in [3.63, 3.8) is 0 Å². The number of halogens is 2. The molecule has 0 unspecified atom stereocenters. The summed E-state index contributed by atoms with van der Waals surface area (Å²) in [5, 5.41) is 9.08. The molecular weight excluding hydrogens is 219 g/mol. The molecule has 1 rings (SSSR count). The van der Waals surface area contributed by atoms with Crippen molar-refractivity contribution in [2.75, 3.05) is 0 Å². The molecule has 0 amide bonds. The third kappa shape index (κ3) is 1.92. The van der Waals surface area contributed by atoms with Crippen LogP contribution in [-0.2, 0) is 9.05 Å². The quantitative estimate of drug-likeness (QED) is 0.740. The molecule has 1 aromatic rings. The van der Waals surface area contributed by atoms with Gasteiger partial charge in [-0.2, -0.15) is 0 Å². The maximum atomic E-state index is 12.7. The molecule has 0 heterocycles. The van der Waals surface area contributed by atoms with Crippen LogP contribution < -0.4 is 0 Å². The second-order valence-electron chi connectivity index (χ2n) is 2.48. The molecule has 0 radical (unpaired) electrons. The zero-order valence-corrected chi connectivity index (χ0v) is 8.16. The highest BCUT2D eigenvalue weighted by molar-refractivity contribution is 8.13. The fourth-order valence-corrected chi connectivity index (χ4v) is 2.32. The Balaban J connectivity index is 3.62. The van der Waals surface area contributed by atoms with E-state index in [1.165, 1.54) is 13.0 Å². The average molecular weight is 225 g/mol. The Morgan fingerprint density at radius 2 is 2.00 bits per heavy atom. The van der Waals surface area contributed by atoms with Crippen LogP contribution >= 0.6 is 10.7 Å². The third-order valence-corrected chi connectivity index (χ3v) is 2.99. The van der Waals surface area contributed by atoms with E-state index in [1.54, 1.807) is 0 Å². The molecule has 0 bridgehead atoms. The summed E-state index contributed by atoms with van der Waals surface area (Å²) < 4.78 is 34.4. The summed E-state index contributed by atoms with van der Waals surface area (Å²) in [5.41, 5.74) is 0.203. The molecule has 3 nitrogen and oxygen atoms in total. The van der Waals surface area contributed by atoms with Crippen molar-refractivity contribution in [1.82, 2.24) is 0 Å². The first kappa shape index (κ1) is 10.3. The molecule has 0 saturated heterocycles. The predicted molar refractivity (Wildman–Crippen MR) is 45.8 cm³/mol. The Hall–Kier alpha value is -0.810. The van der Waals surface area contributed by atoms with E-state index in [-0.39, 0.29) is 5.56 Å². The second kappa shape index (κ2) is 3.16. The number of phenols is 1. The van der Waals surface area contributed by atoms with Gasteiger partial charge in [-0.3, -0.25) is 0 Å². The topological polar surface area (TPSA) is 54.4 Å². The zero-order valence-electron chi connectivity index (χ0n) is 6.58. The second-order valence-corrected chi connectivity index (χ2v) is 4.98. The Kier molecular flexibility index (Phi) is 2.49. The van der Waals surface area contributed by atoms with Crippen molar-refractivity contribution in [2.45, 2.75) is 11.8 Å². The van der Waals surface area contributed by atoms with Crippen LogP contribution in [0.4, 0.5) is 4.39 Å². The van der Waals surface area contributed by atoms with Gasteiger partial charge >= 0.3 is 0 Å². The molecule has 1 aromatic carbocycles. The maximum Gasteiger partial charge on any atom is 0.265 e. The molecule has 0 saturated carbocycles. The molecule has 13 heavy (non-hydrogen) atoms. The molecule has 0 aliphatic heterocycles. The van der Waals surface area contributed by atoms with E-state index in [2.05, 4.69) is 0 Å². The third-order valence-electron chi connectivity index (χ3n) is 1.52. The lowest BCUT2D eigenvalue weighted by atomic mass is 10.2. The normalized spacial score (nSPS) is 11.6. The van der Waals surface area contributed by atoms with Gasteiger partial charge in [0.15, 0.2) is 11.6 Å². The summed E-state index contributed by atoms with van der Waals surface area (Å²) in [5.74, 6) is -1.94. The van der Waals surface area contributed by atoms with Gasteiger partial charge in [-0.25, -0.2) is 12.8 Å². The summed E-state index contributed by atoms with van der Waals surface area (Å²) in [4.78, 5) is -0.575. The number of benzene rings is 1. The number of phenolic OH excluding ortho intramolecular Hbond substituents is 1. The molecule has 72 valence electrons. The van der Waals surface area contributed by atoms with E-state index in [1.807, 2.05) is 0 Å². The molecule has 0 aliphatic rings. The van der Waals surface area contributed by atoms with E-state index in [0.29, 0.717) is 0 Å². The summed E-state index contributed by atoms with van der Waals surface area (Å²) >= 11 is 0. The van der Waals surface area contributed by atoms with E-state index in [4.69, 9.17) is 15.8 Å². The molecule has 0 aromatic heterocycles. The first-order chi connectivity index (χ1) is 5.84. The minimum Gasteiger partial charge on any atom is -0.504 e. The van der Waals surface area contributed by atoms with Crippen LogP contribution in [0.15, 0.2) is 17.0 Å². The van der Waals surface area contributed by atoms with Gasteiger partial charge in [0.25, 0.3) is 9.05 Å². The van der Waals surface area contributed by atoms with Crippen molar-refractivity contribution in [3.8, 4) is 5.75 Å². The van der Waals surface area contributed by atoms with Gasteiger partial charge in [-0.05, 0) is 18.6 Å². The van der Waals surface area contributed by atoms with Crippen LogP contribution in [0.2, 0.25) is 0 Å². The highest BCUT2D eigenvalue weighted by Crippen LogP contribution is 2.31. The van der Waals surface area contributed by atoms with Gasteiger partial charge in [0, 0.05) is 10.7 Å². The molecule has 0 fully saturated rings. The maximum absolute atomic E-state index is 12.7. The minimum absolute atomic E-state index is 0.203. The molecule has 0 aliphatic carbocycles. The van der Waals surface area contributed by atoms with Crippen molar-refractivity contribution in [3.05, 3.63) is 23.5 Å². The van der Waals surface area contributed by atoms with E-state index < -0.39 is 25.5 Å². The lowest BCUT2D eigenvalue weighted by molar-refractivity contribution is 0.417. The van der Waals surface area contributed by atoms with Crippen molar-refractivity contribution < 1.29 is 17.9 Å². The van der Waals surface area contributed by atoms with Gasteiger partial charge in [-0.15, -0.1) is 0 Å². The molecule has 6 heteroatoms. The van der Waals surface area contributed by atoms with Crippen LogP contribution in [-0.4, -0.2) is 13.5 Å². The van der Waals surface area contributed by atoms with E-state index in [0.717, 1.165) is 6.07 Å². The summed E-state index contributed by atoms with van der Waals surface area (Å²) in [7, 11) is 0.882. The molecular formula is C7H6ClFO3S. The lowest BCUT2D eigenvalue weighted by Gasteiger charge is -2.04. The summed E-state index contributed by atoms with van der Waals surface area (Å²) in [6.45, 7) is 1.41. The number of hydrogen-bond donors (Lipinski definition) is 1. The SMILES string of the molecule is Cc1ccc(F)c(O)c1S(=O)(=O)Cl. The predicted octanol–water partition coefficient (Wildman–Crippen LogP) is 1.77. The van der Waals surface area contributed by atoms with Crippen molar-refractivity contribution >= 4 is 19.7 Å². The molecule has 1 N–H and O–H groups in total. The van der Waals surface area contributed by atoms with E-state index in [9.17, 15) is 12.8 Å². The van der Waals surface area contributed by atoms with Crippen LogP contribution in [0.5, 0.6) is 5.75 Å². The van der Waals surface area contributed by atoms with Gasteiger partial charge in [0.2, 0.25) is 0 Å². The van der Waals surface area contributed by atoms with Crippen molar-refractivity contribution in [2.24, 2.45) is 0 Å². The van der Waals surface area contributed by atoms with E-state index >= 15 is 0 Å². The smallest absolute Gasteiger partial charge is 0.265 e.